The molecular formula is C46H46BrHfSi. The molecule has 0 nitrogen and oxygen atoms in total. The first-order chi connectivity index (χ1) is 23.3. The van der Waals surface area contributed by atoms with Gasteiger partial charge in [-0.05, 0) is 0 Å². The van der Waals surface area contributed by atoms with Crippen molar-refractivity contribution in [1.82, 2.24) is 0 Å². The van der Waals surface area contributed by atoms with Gasteiger partial charge in [0.2, 0.25) is 0 Å². The quantitative estimate of drug-likeness (QED) is 0.134. The molecule has 2 atom stereocenters. The van der Waals surface area contributed by atoms with E-state index in [1.807, 2.05) is 0 Å². The van der Waals surface area contributed by atoms with Gasteiger partial charge < -0.3 is 0 Å². The minimum absolute atomic E-state index is 0. The van der Waals surface area contributed by atoms with Gasteiger partial charge in [0.05, 0.1) is 0 Å². The number of hydrogen-bond acceptors (Lipinski definition) is 0. The summed E-state index contributed by atoms with van der Waals surface area (Å²) < 4.78 is 6.72. The van der Waals surface area contributed by atoms with E-state index in [2.05, 4.69) is 164 Å². The van der Waals surface area contributed by atoms with Gasteiger partial charge in [-0.2, -0.15) is 0 Å². The number of benzene rings is 6. The summed E-state index contributed by atoms with van der Waals surface area (Å²) in [5.74, 6) is 1.34. The van der Waals surface area contributed by atoms with Crippen LogP contribution >= 0.6 is 17.0 Å². The van der Waals surface area contributed by atoms with Crippen molar-refractivity contribution >= 4 is 57.6 Å². The molecule has 0 aromatic heterocycles. The van der Waals surface area contributed by atoms with E-state index in [1.165, 1.54) is 94.2 Å². The van der Waals surface area contributed by atoms with E-state index >= 15 is 0 Å². The van der Waals surface area contributed by atoms with E-state index in [1.54, 1.807) is 0 Å². The average molecular weight is 885 g/mol. The maximum absolute atomic E-state index is 2.62. The van der Waals surface area contributed by atoms with Gasteiger partial charge in [0, 0.05) is 0 Å². The Bertz CT molecular complexity index is 2160. The van der Waals surface area contributed by atoms with Crippen molar-refractivity contribution in [2.75, 3.05) is 0 Å². The Morgan fingerprint density at radius 3 is 1.43 bits per heavy atom. The fourth-order valence-electron chi connectivity index (χ4n) is 9.03. The van der Waals surface area contributed by atoms with Gasteiger partial charge in [-0.25, -0.2) is 0 Å². The number of rotatable bonds is 8. The summed E-state index contributed by atoms with van der Waals surface area (Å²) in [6.45, 7) is 7.21. The molecule has 0 N–H and O–H groups in total. The minimum atomic E-state index is -2.04. The molecule has 0 bridgehead atoms. The first-order valence-corrected chi connectivity index (χ1v) is 35.8. The molecule has 0 radical (unpaired) electrons. The Morgan fingerprint density at radius 1 is 0.551 bits per heavy atom. The predicted molar refractivity (Wildman–Crippen MR) is 220 cm³/mol. The van der Waals surface area contributed by atoms with Crippen LogP contribution in [0.15, 0.2) is 132 Å². The summed E-state index contributed by atoms with van der Waals surface area (Å²) in [7, 11) is 0. The van der Waals surface area contributed by atoms with Crippen LogP contribution in [0.25, 0.3) is 56.0 Å². The summed E-state index contributed by atoms with van der Waals surface area (Å²) in [6, 6.07) is 45.5. The van der Waals surface area contributed by atoms with Gasteiger partial charge in [0.1, 0.15) is 0 Å². The van der Waals surface area contributed by atoms with E-state index in [0.29, 0.717) is 17.8 Å². The van der Waals surface area contributed by atoms with E-state index in [4.69, 9.17) is 0 Å². The molecule has 2 unspecified atom stereocenters. The van der Waals surface area contributed by atoms with E-state index < -0.39 is 18.6 Å². The van der Waals surface area contributed by atoms with Crippen LogP contribution in [0.4, 0.5) is 0 Å². The summed E-state index contributed by atoms with van der Waals surface area (Å²) in [5, 5.41) is 5.28. The third-order valence-corrected chi connectivity index (χ3v) is 20.1. The summed E-state index contributed by atoms with van der Waals surface area (Å²) in [5.41, 5.74) is 14.4. The van der Waals surface area contributed by atoms with Crippen LogP contribution in [0.1, 0.15) is 60.8 Å². The van der Waals surface area contributed by atoms with Crippen molar-refractivity contribution < 1.29 is 18.6 Å². The zero-order valence-electron chi connectivity index (χ0n) is 29.2. The monoisotopic (exact) mass is 885 g/mol. The van der Waals surface area contributed by atoms with Crippen LogP contribution in [0.2, 0.25) is 13.5 Å². The van der Waals surface area contributed by atoms with Crippen molar-refractivity contribution in [2.45, 2.75) is 52.1 Å². The molecule has 8 rings (SSSR count). The molecule has 2 aliphatic rings. The van der Waals surface area contributed by atoms with Gasteiger partial charge in [0.15, 0.2) is 0 Å². The predicted octanol–water partition coefficient (Wildman–Crippen LogP) is 13.2. The van der Waals surface area contributed by atoms with Crippen molar-refractivity contribution in [1.29, 1.82) is 0 Å². The Labute approximate surface area is 308 Å². The van der Waals surface area contributed by atoms with Crippen LogP contribution in [0, 0.1) is 5.92 Å². The van der Waals surface area contributed by atoms with Crippen molar-refractivity contribution in [3.8, 4) is 22.3 Å². The second-order valence-electron chi connectivity index (χ2n) is 15.1. The maximum atomic E-state index is 2.62. The molecule has 0 aliphatic heterocycles. The molecule has 3 heteroatoms. The van der Waals surface area contributed by atoms with Crippen molar-refractivity contribution in [3.05, 3.63) is 155 Å². The molecule has 0 saturated heterocycles. The molecular weight excluding hydrogens is 839 g/mol. The molecule has 245 valence electrons. The number of allylic oxidation sites excluding steroid dienone is 2. The molecule has 0 spiro atoms. The van der Waals surface area contributed by atoms with Crippen LogP contribution in [-0.4, -0.2) is 6.94 Å². The molecule has 6 aromatic carbocycles. The summed E-state index contributed by atoms with van der Waals surface area (Å²) >= 11 is -2.04. The van der Waals surface area contributed by atoms with Crippen molar-refractivity contribution in [2.24, 2.45) is 5.92 Å². The zero-order chi connectivity index (χ0) is 33.0. The average Bonchev–Trinajstić information content (AvgIpc) is 3.61. The first-order valence-electron chi connectivity index (χ1n) is 17.7. The summed E-state index contributed by atoms with van der Waals surface area (Å²) in [6.07, 6.45) is 7.68. The topological polar surface area (TPSA) is 0 Å². The number of hydrogen-bond donors (Lipinski definition) is 0. The third-order valence-electron chi connectivity index (χ3n) is 11.1. The van der Waals surface area contributed by atoms with Crippen molar-refractivity contribution in [3.63, 3.8) is 0 Å². The van der Waals surface area contributed by atoms with Crippen LogP contribution in [0.3, 0.4) is 0 Å². The molecule has 0 fully saturated rings. The van der Waals surface area contributed by atoms with Gasteiger partial charge >= 0.3 is 282 Å². The van der Waals surface area contributed by atoms with Gasteiger partial charge in [-0.15, -0.1) is 17.0 Å². The van der Waals surface area contributed by atoms with Crippen LogP contribution in [-0.2, 0) is 18.6 Å². The third kappa shape index (κ3) is 6.37. The Kier molecular flexibility index (Phi) is 9.74. The molecule has 49 heavy (non-hydrogen) atoms. The standard InChI is InChI=1S/C44H37.2CH3.BrH.Hf.H2Si/c1-4-13-40(43-28(2)26-41-36(22-11-24-38(41)43)34-20-9-16-30-14-5-7-18-32(30)34)44-29(3)27-42-37(23-12-25-39(42)44)35-21-10-17-31-15-6-8-19-33(31)35;;;;;/h5-12,14-27,40,43-44H,1,4,13H2,2-3H3;2*1H3;1H;;1H2. The number of fused-ring (bicyclic) bond motifs is 4. The molecule has 0 saturated carbocycles. The Balaban J connectivity index is 0.00000378. The number of halogens is 1. The fourth-order valence-corrected chi connectivity index (χ4v) is 15.2. The van der Waals surface area contributed by atoms with E-state index in [0.717, 1.165) is 0 Å². The molecule has 0 amide bonds. The SMILES string of the molecule is Br.CC1=Cc2c(-c3cccc4ccccc34)cccc2C1C(CC[CH2][Hf]([CH3])([CH3])=[SiH2])C1C(C)=Cc2c(-c3cccc4ccccc34)cccc21. The second kappa shape index (κ2) is 13.9. The van der Waals surface area contributed by atoms with Gasteiger partial charge in [-0.3, -0.25) is 0 Å². The zero-order valence-corrected chi connectivity index (χ0v) is 35.9. The normalized spacial score (nSPS) is 17.3. The Morgan fingerprint density at radius 2 is 0.959 bits per heavy atom. The fraction of sp³-hybridized carbons (Fsp3) is 0.217. The first kappa shape index (κ1) is 34.3. The van der Waals surface area contributed by atoms with Crippen LogP contribution < -0.4 is 0 Å². The van der Waals surface area contributed by atoms with E-state index in [-0.39, 0.29) is 17.0 Å². The second-order valence-corrected chi connectivity index (χ2v) is 48.1. The summed E-state index contributed by atoms with van der Waals surface area (Å²) in [4.78, 5) is 0. The van der Waals surface area contributed by atoms with Gasteiger partial charge in [-0.1, -0.05) is 12.1 Å². The van der Waals surface area contributed by atoms with E-state index in [9.17, 15) is 0 Å². The molecule has 6 aromatic rings. The Hall–Kier alpha value is -3.11. The van der Waals surface area contributed by atoms with Gasteiger partial charge in [0.25, 0.3) is 0 Å². The molecule has 0 heterocycles. The molecule has 2 aliphatic carbocycles. The van der Waals surface area contributed by atoms with Crippen LogP contribution in [0.5, 0.6) is 0 Å².